The van der Waals surface area contributed by atoms with Gasteiger partial charge in [-0.2, -0.15) is 5.10 Å². The van der Waals surface area contributed by atoms with Crippen LogP contribution >= 0.6 is 0 Å². The number of nitrogens with zero attached hydrogens (tertiary/aromatic N) is 2. The Morgan fingerprint density at radius 2 is 2.35 bits per heavy atom. The molecule has 0 radical (unpaired) electrons. The van der Waals surface area contributed by atoms with E-state index in [1.165, 1.54) is 24.1 Å². The molecule has 0 aliphatic carbocycles. The van der Waals surface area contributed by atoms with Crippen molar-refractivity contribution in [2.45, 2.75) is 17.5 Å². The van der Waals surface area contributed by atoms with Crippen molar-refractivity contribution in [3.8, 4) is 0 Å². The molecular formula is C9H18N4O3S. The molecule has 1 unspecified atom stereocenters. The average Bonchev–Trinajstić information content (AvgIpc) is 2.65. The van der Waals surface area contributed by atoms with Crippen molar-refractivity contribution < 1.29 is 13.2 Å². The van der Waals surface area contributed by atoms with Gasteiger partial charge in [-0.15, -0.1) is 0 Å². The number of aryl methyl sites for hydroxylation is 1. The second kappa shape index (κ2) is 6.10. The normalized spacial score (nSPS) is 13.8. The highest BCUT2D eigenvalue weighted by molar-refractivity contribution is 7.89. The Balaban J connectivity index is 2.81. The molecule has 1 aromatic rings. The fourth-order valence-corrected chi connectivity index (χ4v) is 2.86. The summed E-state index contributed by atoms with van der Waals surface area (Å²) < 4.78 is 32.8. The van der Waals surface area contributed by atoms with Crippen LogP contribution in [-0.4, -0.2) is 44.5 Å². The number of aromatic nitrogens is 2. The van der Waals surface area contributed by atoms with Gasteiger partial charge < -0.3 is 10.5 Å². The molecular weight excluding hydrogens is 244 g/mol. The van der Waals surface area contributed by atoms with E-state index in [1.54, 1.807) is 7.05 Å². The molecule has 3 N–H and O–H groups in total. The molecule has 98 valence electrons. The molecule has 8 heteroatoms. The first-order chi connectivity index (χ1) is 8.01. The lowest BCUT2D eigenvalue weighted by Gasteiger charge is -2.16. The maximum Gasteiger partial charge on any atom is 0.258 e. The van der Waals surface area contributed by atoms with Crippen LogP contribution in [0.5, 0.6) is 0 Å². The standard InChI is InChI=1S/C9H18N4O3S/c1-13-9(4-6-11-13)17(14,15)12-8(3-5-10)7-16-2/h4,6,8,12H,3,5,7,10H2,1-2H3. The highest BCUT2D eigenvalue weighted by atomic mass is 32.2. The Hall–Kier alpha value is -0.960. The summed E-state index contributed by atoms with van der Waals surface area (Å²) in [6.07, 6.45) is 1.95. The van der Waals surface area contributed by atoms with Gasteiger partial charge in [-0.1, -0.05) is 0 Å². The van der Waals surface area contributed by atoms with Crippen LogP contribution in [0, 0.1) is 0 Å². The topological polar surface area (TPSA) is 99.2 Å². The number of hydrogen-bond donors (Lipinski definition) is 2. The monoisotopic (exact) mass is 262 g/mol. The van der Waals surface area contributed by atoms with Gasteiger partial charge in [0.25, 0.3) is 10.0 Å². The molecule has 17 heavy (non-hydrogen) atoms. The summed E-state index contributed by atoms with van der Waals surface area (Å²) in [6.45, 7) is 0.677. The maximum absolute atomic E-state index is 12.0. The van der Waals surface area contributed by atoms with Crippen LogP contribution < -0.4 is 10.5 Å². The third-order valence-corrected chi connectivity index (χ3v) is 3.85. The van der Waals surface area contributed by atoms with Crippen LogP contribution in [0.1, 0.15) is 6.42 Å². The van der Waals surface area contributed by atoms with Gasteiger partial charge >= 0.3 is 0 Å². The van der Waals surface area contributed by atoms with Crippen molar-refractivity contribution in [2.24, 2.45) is 12.8 Å². The summed E-state index contributed by atoms with van der Waals surface area (Å²) in [7, 11) is -0.488. The van der Waals surface area contributed by atoms with E-state index in [-0.39, 0.29) is 17.7 Å². The highest BCUT2D eigenvalue weighted by Crippen LogP contribution is 2.07. The third kappa shape index (κ3) is 3.77. The van der Waals surface area contributed by atoms with Crippen LogP contribution in [-0.2, 0) is 21.8 Å². The quantitative estimate of drug-likeness (QED) is 0.661. The first-order valence-corrected chi connectivity index (χ1v) is 6.69. The van der Waals surface area contributed by atoms with Crippen LogP contribution in [0.3, 0.4) is 0 Å². The van der Waals surface area contributed by atoms with E-state index in [9.17, 15) is 8.42 Å². The molecule has 0 amide bonds. The minimum Gasteiger partial charge on any atom is -0.383 e. The molecule has 0 saturated carbocycles. The number of nitrogens with two attached hydrogens (primary N) is 1. The molecule has 0 aliphatic rings. The zero-order valence-corrected chi connectivity index (χ0v) is 10.8. The molecule has 0 aliphatic heterocycles. The number of methoxy groups -OCH3 is 1. The van der Waals surface area contributed by atoms with E-state index < -0.39 is 10.0 Å². The van der Waals surface area contributed by atoms with E-state index >= 15 is 0 Å². The Labute approximate surface area is 101 Å². The lowest BCUT2D eigenvalue weighted by atomic mass is 10.2. The second-order valence-corrected chi connectivity index (χ2v) is 5.30. The van der Waals surface area contributed by atoms with Gasteiger partial charge in [-0.25, -0.2) is 13.1 Å². The van der Waals surface area contributed by atoms with Gasteiger partial charge in [-0.05, 0) is 19.0 Å². The van der Waals surface area contributed by atoms with E-state index in [0.717, 1.165) is 0 Å². The van der Waals surface area contributed by atoms with Crippen LogP contribution in [0.4, 0.5) is 0 Å². The van der Waals surface area contributed by atoms with E-state index in [1.807, 2.05) is 0 Å². The van der Waals surface area contributed by atoms with Crippen LogP contribution in [0.2, 0.25) is 0 Å². The van der Waals surface area contributed by atoms with Gasteiger partial charge in [-0.3, -0.25) is 4.68 Å². The molecule has 0 saturated heterocycles. The number of hydrogen-bond acceptors (Lipinski definition) is 5. The summed E-state index contributed by atoms with van der Waals surface area (Å²) in [6, 6.07) is 1.11. The molecule has 0 spiro atoms. The Kier molecular flexibility index (Phi) is 5.06. The minimum atomic E-state index is -3.58. The fourth-order valence-electron chi connectivity index (χ4n) is 1.48. The molecule has 0 aromatic carbocycles. The minimum absolute atomic E-state index is 0.121. The van der Waals surface area contributed by atoms with E-state index in [2.05, 4.69) is 9.82 Å². The number of nitrogens with one attached hydrogen (secondary N) is 1. The molecule has 0 bridgehead atoms. The lowest BCUT2D eigenvalue weighted by molar-refractivity contribution is 0.172. The van der Waals surface area contributed by atoms with Crippen LogP contribution in [0.25, 0.3) is 0 Å². The Bertz CT molecular complexity index is 437. The van der Waals surface area contributed by atoms with Crippen molar-refractivity contribution in [3.05, 3.63) is 12.3 Å². The summed E-state index contributed by atoms with van der Waals surface area (Å²) in [5.74, 6) is 0. The summed E-state index contributed by atoms with van der Waals surface area (Å²) in [5, 5.41) is 3.94. The van der Waals surface area contributed by atoms with Crippen molar-refractivity contribution in [3.63, 3.8) is 0 Å². The zero-order valence-electron chi connectivity index (χ0n) is 9.96. The van der Waals surface area contributed by atoms with Gasteiger partial charge in [0.15, 0.2) is 5.03 Å². The van der Waals surface area contributed by atoms with Gasteiger partial charge in [0.2, 0.25) is 0 Å². The maximum atomic E-state index is 12.0. The van der Waals surface area contributed by atoms with E-state index in [0.29, 0.717) is 13.0 Å². The SMILES string of the molecule is COCC(CCN)NS(=O)(=O)c1ccnn1C. The molecule has 7 nitrogen and oxygen atoms in total. The van der Waals surface area contributed by atoms with Gasteiger partial charge in [0.05, 0.1) is 12.8 Å². The average molecular weight is 262 g/mol. The van der Waals surface area contributed by atoms with Crippen molar-refractivity contribution in [1.82, 2.24) is 14.5 Å². The van der Waals surface area contributed by atoms with Crippen LogP contribution in [0.15, 0.2) is 17.3 Å². The molecule has 1 atom stereocenters. The Morgan fingerprint density at radius 1 is 1.65 bits per heavy atom. The Morgan fingerprint density at radius 3 is 2.82 bits per heavy atom. The number of ether oxygens (including phenoxy) is 1. The lowest BCUT2D eigenvalue weighted by Crippen LogP contribution is -2.40. The zero-order chi connectivity index (χ0) is 12.9. The first-order valence-electron chi connectivity index (χ1n) is 5.20. The molecule has 1 rings (SSSR count). The number of sulfonamides is 1. The van der Waals surface area contributed by atoms with Gasteiger partial charge in [0.1, 0.15) is 0 Å². The summed E-state index contributed by atoms with van der Waals surface area (Å²) in [4.78, 5) is 0. The smallest absolute Gasteiger partial charge is 0.258 e. The molecule has 0 fully saturated rings. The molecule has 1 heterocycles. The van der Waals surface area contributed by atoms with Gasteiger partial charge in [0, 0.05) is 20.2 Å². The predicted octanol–water partition coefficient (Wildman–Crippen LogP) is -0.938. The third-order valence-electron chi connectivity index (χ3n) is 2.26. The van der Waals surface area contributed by atoms with Crippen molar-refractivity contribution >= 4 is 10.0 Å². The summed E-state index contributed by atoms with van der Waals surface area (Å²) >= 11 is 0. The van der Waals surface area contributed by atoms with Crippen molar-refractivity contribution in [2.75, 3.05) is 20.3 Å². The first kappa shape index (κ1) is 14.1. The second-order valence-electron chi connectivity index (χ2n) is 3.64. The predicted molar refractivity (Wildman–Crippen MR) is 62.9 cm³/mol. The number of rotatable bonds is 7. The van der Waals surface area contributed by atoms with Crippen molar-refractivity contribution in [1.29, 1.82) is 0 Å². The van der Waals surface area contributed by atoms with E-state index in [4.69, 9.17) is 10.5 Å². The summed E-state index contributed by atoms with van der Waals surface area (Å²) in [5.41, 5.74) is 5.42. The molecule has 1 aromatic heterocycles. The largest absolute Gasteiger partial charge is 0.383 e. The highest BCUT2D eigenvalue weighted by Gasteiger charge is 2.22. The fraction of sp³-hybridized carbons (Fsp3) is 0.667.